The average Bonchev–Trinajstić information content (AvgIpc) is 2.41. The molecule has 0 unspecified atom stereocenters. The van der Waals surface area contributed by atoms with Gasteiger partial charge in [-0.15, -0.1) is 0 Å². The molecule has 0 atom stereocenters. The smallest absolute Gasteiger partial charge is 0.145 e. The van der Waals surface area contributed by atoms with Gasteiger partial charge in [0.25, 0.3) is 0 Å². The van der Waals surface area contributed by atoms with Crippen molar-refractivity contribution in [3.63, 3.8) is 0 Å². The van der Waals surface area contributed by atoms with Crippen molar-refractivity contribution in [3.05, 3.63) is 64.7 Å². The Morgan fingerprint density at radius 1 is 1.21 bits per heavy atom. The highest BCUT2D eigenvalue weighted by molar-refractivity contribution is 5.34. The minimum Gasteiger partial charge on any atom is -0.307 e. The van der Waals surface area contributed by atoms with Gasteiger partial charge in [-0.3, -0.25) is 4.98 Å². The third-order valence-electron chi connectivity index (χ3n) is 2.77. The van der Waals surface area contributed by atoms with Crippen molar-refractivity contribution in [2.45, 2.75) is 20.0 Å². The van der Waals surface area contributed by atoms with Crippen LogP contribution < -0.4 is 5.32 Å². The lowest BCUT2D eigenvalue weighted by Crippen LogP contribution is -2.15. The lowest BCUT2D eigenvalue weighted by Gasteiger charge is -2.07. The number of aryl methyl sites for hydroxylation is 1. The molecule has 0 radical (unpaired) electrons. The number of halogens is 1. The predicted molar refractivity (Wildman–Crippen MR) is 70.6 cm³/mol. The zero-order chi connectivity index (χ0) is 13.7. The van der Waals surface area contributed by atoms with E-state index in [0.717, 1.165) is 11.4 Å². The van der Waals surface area contributed by atoms with Crippen molar-refractivity contribution >= 4 is 0 Å². The fourth-order valence-corrected chi connectivity index (χ4v) is 1.83. The molecule has 0 saturated heterocycles. The van der Waals surface area contributed by atoms with Crippen LogP contribution in [0, 0.1) is 24.1 Å². The van der Waals surface area contributed by atoms with Crippen molar-refractivity contribution in [1.82, 2.24) is 10.3 Å². The lowest BCUT2D eigenvalue weighted by molar-refractivity contribution is 0.582. The van der Waals surface area contributed by atoms with Crippen LogP contribution in [-0.2, 0) is 13.1 Å². The molecular formula is C15H14FN3. The van der Waals surface area contributed by atoms with E-state index in [1.165, 1.54) is 6.07 Å². The summed E-state index contributed by atoms with van der Waals surface area (Å²) < 4.78 is 13.8. The second kappa shape index (κ2) is 6.07. The van der Waals surface area contributed by atoms with E-state index in [0.29, 0.717) is 18.7 Å². The van der Waals surface area contributed by atoms with Crippen molar-refractivity contribution in [1.29, 1.82) is 5.26 Å². The van der Waals surface area contributed by atoms with Gasteiger partial charge in [0.05, 0.1) is 11.3 Å². The van der Waals surface area contributed by atoms with Crippen LogP contribution in [0.4, 0.5) is 4.39 Å². The first-order valence-corrected chi connectivity index (χ1v) is 6.01. The summed E-state index contributed by atoms with van der Waals surface area (Å²) in [7, 11) is 0. The standard InChI is InChI=1S/C15H14FN3/c1-11-4-2-7-14(19-11)10-18-9-13-6-3-5-12(8-17)15(13)16/h2-7,18H,9-10H2,1H3. The van der Waals surface area contributed by atoms with Crippen LogP contribution in [0.25, 0.3) is 0 Å². The molecule has 0 aliphatic carbocycles. The molecule has 1 heterocycles. The molecule has 0 amide bonds. The van der Waals surface area contributed by atoms with Crippen molar-refractivity contribution < 1.29 is 4.39 Å². The molecule has 1 N–H and O–H groups in total. The van der Waals surface area contributed by atoms with Gasteiger partial charge in [0, 0.05) is 24.3 Å². The monoisotopic (exact) mass is 255 g/mol. The quantitative estimate of drug-likeness (QED) is 0.913. The summed E-state index contributed by atoms with van der Waals surface area (Å²) in [6, 6.07) is 12.5. The van der Waals surface area contributed by atoms with Crippen LogP contribution in [0.15, 0.2) is 36.4 Å². The molecule has 0 saturated carbocycles. The van der Waals surface area contributed by atoms with E-state index in [9.17, 15) is 4.39 Å². The Kier molecular flexibility index (Phi) is 4.22. The van der Waals surface area contributed by atoms with Crippen molar-refractivity contribution in [2.75, 3.05) is 0 Å². The van der Waals surface area contributed by atoms with Gasteiger partial charge < -0.3 is 5.32 Å². The molecule has 1 aromatic heterocycles. The molecule has 2 rings (SSSR count). The molecule has 0 fully saturated rings. The fourth-order valence-electron chi connectivity index (χ4n) is 1.83. The van der Waals surface area contributed by atoms with Gasteiger partial charge in [-0.1, -0.05) is 18.2 Å². The maximum atomic E-state index is 13.8. The van der Waals surface area contributed by atoms with Crippen LogP contribution in [0.5, 0.6) is 0 Å². The van der Waals surface area contributed by atoms with Gasteiger partial charge in [-0.2, -0.15) is 5.26 Å². The maximum Gasteiger partial charge on any atom is 0.145 e. The third-order valence-corrected chi connectivity index (χ3v) is 2.77. The van der Waals surface area contributed by atoms with E-state index in [-0.39, 0.29) is 5.56 Å². The van der Waals surface area contributed by atoms with E-state index in [2.05, 4.69) is 10.3 Å². The van der Waals surface area contributed by atoms with Crippen molar-refractivity contribution in [2.24, 2.45) is 0 Å². The third kappa shape index (κ3) is 3.36. The van der Waals surface area contributed by atoms with E-state index in [1.54, 1.807) is 12.1 Å². The minimum absolute atomic E-state index is 0.0768. The molecule has 1 aromatic carbocycles. The Labute approximate surface area is 111 Å². The van der Waals surface area contributed by atoms with Crippen molar-refractivity contribution in [3.8, 4) is 6.07 Å². The maximum absolute atomic E-state index is 13.8. The zero-order valence-corrected chi connectivity index (χ0v) is 10.7. The Morgan fingerprint density at radius 2 is 2.00 bits per heavy atom. The number of nitrogens with zero attached hydrogens (tertiary/aromatic N) is 2. The SMILES string of the molecule is Cc1cccc(CNCc2cccc(C#N)c2F)n1. The molecule has 2 aromatic rings. The summed E-state index contributed by atoms with van der Waals surface area (Å²) in [5, 5.41) is 11.9. The first-order chi connectivity index (χ1) is 9.20. The largest absolute Gasteiger partial charge is 0.307 e. The number of nitriles is 1. The van der Waals surface area contributed by atoms with Crippen LogP contribution in [-0.4, -0.2) is 4.98 Å². The number of nitrogens with one attached hydrogen (secondary N) is 1. The predicted octanol–water partition coefficient (Wildman–Crippen LogP) is 2.69. The number of hydrogen-bond donors (Lipinski definition) is 1. The van der Waals surface area contributed by atoms with Crippen LogP contribution in [0.2, 0.25) is 0 Å². The molecule has 19 heavy (non-hydrogen) atoms. The van der Waals surface area contributed by atoms with E-state index in [1.807, 2.05) is 31.2 Å². The summed E-state index contributed by atoms with van der Waals surface area (Å²) in [6.07, 6.45) is 0. The van der Waals surface area contributed by atoms with Crippen LogP contribution >= 0.6 is 0 Å². The first kappa shape index (κ1) is 13.2. The summed E-state index contributed by atoms with van der Waals surface area (Å²) in [6.45, 7) is 2.87. The van der Waals surface area contributed by atoms with Gasteiger partial charge in [-0.05, 0) is 25.1 Å². The first-order valence-electron chi connectivity index (χ1n) is 6.01. The van der Waals surface area contributed by atoms with Gasteiger partial charge in [0.1, 0.15) is 11.9 Å². The number of pyridine rings is 1. The van der Waals surface area contributed by atoms with Gasteiger partial charge in [0.2, 0.25) is 0 Å². The Hall–Kier alpha value is -2.25. The Balaban J connectivity index is 1.98. The lowest BCUT2D eigenvalue weighted by atomic mass is 10.1. The Bertz CT molecular complexity index is 617. The summed E-state index contributed by atoms with van der Waals surface area (Å²) >= 11 is 0. The molecule has 0 bridgehead atoms. The average molecular weight is 255 g/mol. The van der Waals surface area contributed by atoms with E-state index >= 15 is 0 Å². The summed E-state index contributed by atoms with van der Waals surface area (Å²) in [5.41, 5.74) is 2.44. The minimum atomic E-state index is -0.449. The number of benzene rings is 1. The molecule has 0 spiro atoms. The van der Waals surface area contributed by atoms with Gasteiger partial charge in [0.15, 0.2) is 0 Å². The van der Waals surface area contributed by atoms with Gasteiger partial charge >= 0.3 is 0 Å². The van der Waals surface area contributed by atoms with E-state index in [4.69, 9.17) is 5.26 Å². The van der Waals surface area contributed by atoms with E-state index < -0.39 is 5.82 Å². The second-order valence-electron chi connectivity index (χ2n) is 4.26. The Morgan fingerprint density at radius 3 is 2.74 bits per heavy atom. The summed E-state index contributed by atoms with van der Waals surface area (Å²) in [5.74, 6) is -0.449. The normalized spacial score (nSPS) is 10.2. The molecule has 0 aliphatic rings. The molecule has 96 valence electrons. The number of aromatic nitrogens is 1. The zero-order valence-electron chi connectivity index (χ0n) is 10.7. The van der Waals surface area contributed by atoms with Crippen LogP contribution in [0.1, 0.15) is 22.5 Å². The molecule has 3 nitrogen and oxygen atoms in total. The summed E-state index contributed by atoms with van der Waals surface area (Å²) in [4.78, 5) is 4.35. The van der Waals surface area contributed by atoms with Crippen LogP contribution in [0.3, 0.4) is 0 Å². The fraction of sp³-hybridized carbons (Fsp3) is 0.200. The number of rotatable bonds is 4. The number of hydrogen-bond acceptors (Lipinski definition) is 3. The van der Waals surface area contributed by atoms with Gasteiger partial charge in [-0.25, -0.2) is 4.39 Å². The topological polar surface area (TPSA) is 48.7 Å². The highest BCUT2D eigenvalue weighted by Gasteiger charge is 2.06. The molecule has 0 aliphatic heterocycles. The highest BCUT2D eigenvalue weighted by Crippen LogP contribution is 2.11. The molecule has 4 heteroatoms. The molecular weight excluding hydrogens is 241 g/mol. The highest BCUT2D eigenvalue weighted by atomic mass is 19.1. The second-order valence-corrected chi connectivity index (χ2v) is 4.26.